The molecule has 6 nitrogen and oxygen atoms in total. The minimum Gasteiger partial charge on any atom is -0.444 e. The van der Waals surface area contributed by atoms with Crippen molar-refractivity contribution < 1.29 is 18.7 Å². The Balaban J connectivity index is 1.83. The van der Waals surface area contributed by atoms with Gasteiger partial charge in [0, 0.05) is 13.1 Å². The fraction of sp³-hybridized carbons (Fsp3) is 0.636. The van der Waals surface area contributed by atoms with Gasteiger partial charge in [-0.25, -0.2) is 9.18 Å². The van der Waals surface area contributed by atoms with E-state index in [0.717, 1.165) is 31.5 Å². The van der Waals surface area contributed by atoms with Crippen molar-refractivity contribution in [2.24, 2.45) is 5.92 Å². The minimum absolute atomic E-state index is 0.0532. The highest BCUT2D eigenvalue weighted by Gasteiger charge is 2.28. The molecule has 0 saturated carbocycles. The summed E-state index contributed by atoms with van der Waals surface area (Å²) in [5, 5.41) is 5.85. The molecule has 1 fully saturated rings. The van der Waals surface area contributed by atoms with E-state index < -0.39 is 11.7 Å². The molecule has 29 heavy (non-hydrogen) atoms. The van der Waals surface area contributed by atoms with Crippen LogP contribution in [0.25, 0.3) is 0 Å². The van der Waals surface area contributed by atoms with Gasteiger partial charge in [0.25, 0.3) is 0 Å². The van der Waals surface area contributed by atoms with Gasteiger partial charge < -0.3 is 15.4 Å². The van der Waals surface area contributed by atoms with Gasteiger partial charge in [-0.1, -0.05) is 12.1 Å². The molecule has 1 aliphatic heterocycles. The summed E-state index contributed by atoms with van der Waals surface area (Å²) in [5.41, 5.74) is 0.348. The molecule has 2 rings (SSSR count). The number of carbonyl (C=O) groups is 2. The Kier molecular flexibility index (Phi) is 8.02. The fourth-order valence-corrected chi connectivity index (χ4v) is 3.49. The average molecular weight is 408 g/mol. The molecule has 0 aliphatic carbocycles. The van der Waals surface area contributed by atoms with E-state index in [9.17, 15) is 14.0 Å². The summed E-state index contributed by atoms with van der Waals surface area (Å²) in [4.78, 5) is 26.7. The first-order chi connectivity index (χ1) is 13.5. The second-order valence-electron chi connectivity index (χ2n) is 8.84. The van der Waals surface area contributed by atoms with E-state index in [2.05, 4.69) is 15.5 Å². The highest BCUT2D eigenvalue weighted by atomic mass is 19.1. The Hall–Kier alpha value is -2.15. The second-order valence-corrected chi connectivity index (χ2v) is 8.84. The van der Waals surface area contributed by atoms with E-state index in [4.69, 9.17) is 4.74 Å². The predicted molar refractivity (Wildman–Crippen MR) is 111 cm³/mol. The molecule has 0 radical (unpaired) electrons. The summed E-state index contributed by atoms with van der Waals surface area (Å²) in [5.74, 6) is -0.0661. The Bertz CT molecular complexity index is 688. The van der Waals surface area contributed by atoms with Gasteiger partial charge in [-0.3, -0.25) is 9.69 Å². The van der Waals surface area contributed by atoms with Crippen LogP contribution in [0, 0.1) is 11.7 Å². The number of ether oxygens (including phenoxy) is 1. The molecule has 0 aromatic heterocycles. The van der Waals surface area contributed by atoms with Gasteiger partial charge >= 0.3 is 6.09 Å². The van der Waals surface area contributed by atoms with E-state index in [1.165, 1.54) is 12.1 Å². The predicted octanol–water partition coefficient (Wildman–Crippen LogP) is 3.63. The van der Waals surface area contributed by atoms with Gasteiger partial charge in [0.1, 0.15) is 11.4 Å². The van der Waals surface area contributed by atoms with Crippen molar-refractivity contribution in [3.63, 3.8) is 0 Å². The van der Waals surface area contributed by atoms with Gasteiger partial charge in [-0.15, -0.1) is 0 Å². The van der Waals surface area contributed by atoms with Crippen LogP contribution in [0.3, 0.4) is 0 Å². The highest BCUT2D eigenvalue weighted by Crippen LogP contribution is 2.19. The molecule has 162 valence electrons. The fourth-order valence-electron chi connectivity index (χ4n) is 3.49. The minimum atomic E-state index is -0.517. The Morgan fingerprint density at radius 2 is 1.90 bits per heavy atom. The molecular formula is C22H34FN3O3. The van der Waals surface area contributed by atoms with Crippen LogP contribution in [0.2, 0.25) is 0 Å². The molecule has 1 aromatic carbocycles. The Morgan fingerprint density at radius 1 is 1.24 bits per heavy atom. The molecule has 1 saturated heterocycles. The summed E-state index contributed by atoms with van der Waals surface area (Å²) in [6, 6.07) is 5.69. The van der Waals surface area contributed by atoms with Crippen LogP contribution in [-0.2, 0) is 9.53 Å². The number of carbonyl (C=O) groups excluding carboxylic acids is 2. The van der Waals surface area contributed by atoms with Crippen LogP contribution in [0.1, 0.15) is 59.1 Å². The zero-order valence-corrected chi connectivity index (χ0v) is 18.1. The lowest BCUT2D eigenvalue weighted by Gasteiger charge is -2.36. The number of alkyl carbamates (subject to hydrolysis) is 1. The molecular weight excluding hydrogens is 373 g/mol. The molecule has 0 spiro atoms. The van der Waals surface area contributed by atoms with Crippen molar-refractivity contribution in [1.82, 2.24) is 15.5 Å². The second kappa shape index (κ2) is 10.1. The van der Waals surface area contributed by atoms with E-state index in [-0.39, 0.29) is 29.7 Å². The SMILES string of the molecule is CC(NC(=O)C(C)N1CCCC(CNC(=O)OC(C)(C)C)C1)c1ccc(F)cc1. The van der Waals surface area contributed by atoms with E-state index >= 15 is 0 Å². The normalized spacial score (nSPS) is 19.9. The van der Waals surface area contributed by atoms with E-state index in [1.54, 1.807) is 12.1 Å². The number of rotatable bonds is 6. The molecule has 3 atom stereocenters. The number of hydrogen-bond donors (Lipinski definition) is 2. The van der Waals surface area contributed by atoms with Gasteiger partial charge in [0.2, 0.25) is 5.91 Å². The van der Waals surface area contributed by atoms with E-state index in [0.29, 0.717) is 6.54 Å². The van der Waals surface area contributed by atoms with Crippen molar-refractivity contribution >= 4 is 12.0 Å². The monoisotopic (exact) mass is 407 g/mol. The van der Waals surface area contributed by atoms with Gasteiger partial charge in [0.15, 0.2) is 0 Å². The lowest BCUT2D eigenvalue weighted by molar-refractivity contribution is -0.127. The van der Waals surface area contributed by atoms with Crippen molar-refractivity contribution in [2.75, 3.05) is 19.6 Å². The number of nitrogens with one attached hydrogen (secondary N) is 2. The maximum atomic E-state index is 13.1. The number of amides is 2. The summed E-state index contributed by atoms with van der Waals surface area (Å²) in [6.07, 6.45) is 1.58. The number of hydrogen-bond acceptors (Lipinski definition) is 4. The standard InChI is InChI=1S/C22H34FN3O3/c1-15(18-8-10-19(23)11-9-18)25-20(27)16(2)26-12-6-7-17(14-26)13-24-21(28)29-22(3,4)5/h8-11,15-17H,6-7,12-14H2,1-5H3,(H,24,28)(H,25,27). The van der Waals surface area contributed by atoms with Crippen LogP contribution in [0.15, 0.2) is 24.3 Å². The first-order valence-corrected chi connectivity index (χ1v) is 10.3. The third-order valence-electron chi connectivity index (χ3n) is 5.14. The molecule has 1 aromatic rings. The summed E-state index contributed by atoms with van der Waals surface area (Å²) >= 11 is 0. The van der Waals surface area contributed by atoms with Crippen LogP contribution >= 0.6 is 0 Å². The summed E-state index contributed by atoms with van der Waals surface area (Å²) in [7, 11) is 0. The van der Waals surface area contributed by atoms with Crippen molar-refractivity contribution in [2.45, 2.75) is 65.1 Å². The number of halogens is 1. The topological polar surface area (TPSA) is 70.7 Å². The molecule has 0 bridgehead atoms. The molecule has 2 N–H and O–H groups in total. The first kappa shape index (κ1) is 23.1. The maximum Gasteiger partial charge on any atom is 0.407 e. The quantitative estimate of drug-likeness (QED) is 0.756. The zero-order chi connectivity index (χ0) is 21.6. The van der Waals surface area contributed by atoms with Crippen LogP contribution < -0.4 is 10.6 Å². The van der Waals surface area contributed by atoms with Crippen molar-refractivity contribution in [1.29, 1.82) is 0 Å². The number of likely N-dealkylation sites (tertiary alicyclic amines) is 1. The molecule has 2 amide bonds. The summed E-state index contributed by atoms with van der Waals surface area (Å²) < 4.78 is 18.4. The lowest BCUT2D eigenvalue weighted by atomic mass is 9.96. The molecule has 7 heteroatoms. The van der Waals surface area contributed by atoms with Gasteiger partial charge in [0.05, 0.1) is 12.1 Å². The molecule has 3 unspecified atom stereocenters. The van der Waals surface area contributed by atoms with Crippen LogP contribution in [0.5, 0.6) is 0 Å². The smallest absolute Gasteiger partial charge is 0.407 e. The first-order valence-electron chi connectivity index (χ1n) is 10.3. The molecule has 1 heterocycles. The lowest BCUT2D eigenvalue weighted by Crippen LogP contribution is -2.51. The van der Waals surface area contributed by atoms with Gasteiger partial charge in [-0.05, 0) is 77.6 Å². The van der Waals surface area contributed by atoms with Crippen molar-refractivity contribution in [3.8, 4) is 0 Å². The zero-order valence-electron chi connectivity index (χ0n) is 18.1. The maximum absolute atomic E-state index is 13.1. The largest absolute Gasteiger partial charge is 0.444 e. The van der Waals surface area contributed by atoms with E-state index in [1.807, 2.05) is 34.6 Å². The average Bonchev–Trinajstić information content (AvgIpc) is 2.65. The third-order valence-corrected chi connectivity index (χ3v) is 5.14. The molecule has 1 aliphatic rings. The number of nitrogens with zero attached hydrogens (tertiary/aromatic N) is 1. The van der Waals surface area contributed by atoms with Gasteiger partial charge in [-0.2, -0.15) is 0 Å². The van der Waals surface area contributed by atoms with Crippen LogP contribution in [-0.4, -0.2) is 48.2 Å². The third kappa shape index (κ3) is 7.65. The van der Waals surface area contributed by atoms with Crippen LogP contribution in [0.4, 0.5) is 9.18 Å². The summed E-state index contributed by atoms with van der Waals surface area (Å²) in [6.45, 7) is 11.4. The number of benzene rings is 1. The Morgan fingerprint density at radius 3 is 2.52 bits per heavy atom. The van der Waals surface area contributed by atoms with Crippen molar-refractivity contribution in [3.05, 3.63) is 35.6 Å². The number of piperidine rings is 1. The Labute approximate surface area is 173 Å². The highest BCUT2D eigenvalue weighted by molar-refractivity contribution is 5.81.